The number of benzene rings is 1. The second-order valence-corrected chi connectivity index (χ2v) is 4.36. The molecular formula is C14H18N2O3. The molecule has 5 nitrogen and oxygen atoms in total. The number of aryl methyl sites for hydroxylation is 1. The van der Waals surface area contributed by atoms with E-state index >= 15 is 0 Å². The van der Waals surface area contributed by atoms with E-state index in [2.05, 4.69) is 4.98 Å². The summed E-state index contributed by atoms with van der Waals surface area (Å²) in [5.74, 6) is 1.32. The van der Waals surface area contributed by atoms with Gasteiger partial charge in [0.1, 0.15) is 18.1 Å². The fourth-order valence-corrected chi connectivity index (χ4v) is 1.79. The lowest BCUT2D eigenvalue weighted by atomic mass is 10.1. The summed E-state index contributed by atoms with van der Waals surface area (Å²) in [5.41, 5.74) is 1.70. The number of aliphatic hydroxyl groups excluding tert-OH is 1. The lowest BCUT2D eigenvalue weighted by molar-refractivity contribution is 0.189. The molecule has 1 aromatic heterocycles. The first kappa shape index (κ1) is 13.4. The summed E-state index contributed by atoms with van der Waals surface area (Å²) < 4.78 is 12.8. The van der Waals surface area contributed by atoms with Gasteiger partial charge in [0.05, 0.1) is 31.4 Å². The van der Waals surface area contributed by atoms with Crippen LogP contribution in [-0.2, 0) is 13.7 Å². The highest BCUT2D eigenvalue weighted by Gasteiger charge is 2.11. The number of aromatic nitrogens is 2. The maximum Gasteiger partial charge on any atom is 0.130 e. The minimum absolute atomic E-state index is 0.392. The number of nitrogens with zero attached hydrogens (tertiary/aromatic N) is 2. The van der Waals surface area contributed by atoms with Crippen LogP contribution in [0.4, 0.5) is 0 Å². The van der Waals surface area contributed by atoms with Gasteiger partial charge in [-0.1, -0.05) is 0 Å². The van der Waals surface area contributed by atoms with E-state index in [1.165, 1.54) is 0 Å². The Hall–Kier alpha value is -2.01. The summed E-state index contributed by atoms with van der Waals surface area (Å²) in [7, 11) is 3.51. The largest absolute Gasteiger partial charge is 0.497 e. The molecule has 1 N–H and O–H groups in total. The van der Waals surface area contributed by atoms with Crippen molar-refractivity contribution in [3.05, 3.63) is 42.0 Å². The lowest BCUT2D eigenvalue weighted by Gasteiger charge is -2.14. The van der Waals surface area contributed by atoms with Gasteiger partial charge in [0, 0.05) is 18.7 Å². The average molecular weight is 262 g/mol. The number of rotatable bonds is 5. The molecule has 2 rings (SSSR count). The molecule has 0 fully saturated rings. The molecule has 0 saturated carbocycles. The number of aliphatic hydroxyl groups is 1. The zero-order valence-corrected chi connectivity index (χ0v) is 11.3. The number of hydrogen-bond donors (Lipinski definition) is 1. The standard InChI is InChI=1S/C14H18N2O3/c1-10(17)13-5-4-12(18-3)6-14(13)19-8-11-7-15-9-16(11)2/h4-7,9-10,17H,8H2,1-3H3/t10-/m0/s1. The van der Waals surface area contributed by atoms with E-state index in [-0.39, 0.29) is 0 Å². The Morgan fingerprint density at radius 1 is 1.42 bits per heavy atom. The van der Waals surface area contributed by atoms with Crippen LogP contribution in [0.1, 0.15) is 24.3 Å². The van der Waals surface area contributed by atoms with Gasteiger partial charge < -0.3 is 19.1 Å². The molecule has 1 atom stereocenters. The fourth-order valence-electron chi connectivity index (χ4n) is 1.79. The molecule has 1 heterocycles. The maximum atomic E-state index is 9.74. The summed E-state index contributed by atoms with van der Waals surface area (Å²) in [6, 6.07) is 5.39. The number of methoxy groups -OCH3 is 1. The minimum atomic E-state index is -0.590. The Labute approximate surface area is 112 Å². The molecule has 102 valence electrons. The Morgan fingerprint density at radius 3 is 2.79 bits per heavy atom. The van der Waals surface area contributed by atoms with Crippen molar-refractivity contribution < 1.29 is 14.6 Å². The Kier molecular flexibility index (Phi) is 4.06. The molecule has 0 radical (unpaired) electrons. The first-order valence-corrected chi connectivity index (χ1v) is 6.06. The first-order valence-electron chi connectivity index (χ1n) is 6.06. The molecule has 0 amide bonds. The highest BCUT2D eigenvalue weighted by atomic mass is 16.5. The predicted octanol–water partition coefficient (Wildman–Crippen LogP) is 2.06. The zero-order valence-electron chi connectivity index (χ0n) is 11.3. The molecule has 0 spiro atoms. The van der Waals surface area contributed by atoms with E-state index in [4.69, 9.17) is 9.47 Å². The Balaban J connectivity index is 2.20. The maximum absolute atomic E-state index is 9.74. The second kappa shape index (κ2) is 5.75. The number of imidazole rings is 1. The van der Waals surface area contributed by atoms with Gasteiger partial charge in [-0.2, -0.15) is 0 Å². The fraction of sp³-hybridized carbons (Fsp3) is 0.357. The van der Waals surface area contributed by atoms with Crippen LogP contribution in [0, 0.1) is 0 Å². The minimum Gasteiger partial charge on any atom is -0.497 e. The second-order valence-electron chi connectivity index (χ2n) is 4.36. The van der Waals surface area contributed by atoms with E-state index in [9.17, 15) is 5.11 Å². The topological polar surface area (TPSA) is 56.5 Å². The van der Waals surface area contributed by atoms with Crippen LogP contribution in [0.5, 0.6) is 11.5 Å². The van der Waals surface area contributed by atoms with Crippen molar-refractivity contribution in [2.45, 2.75) is 19.6 Å². The molecule has 0 aliphatic carbocycles. The third kappa shape index (κ3) is 3.06. The highest BCUT2D eigenvalue weighted by molar-refractivity contribution is 5.41. The molecular weight excluding hydrogens is 244 g/mol. The smallest absolute Gasteiger partial charge is 0.130 e. The highest BCUT2D eigenvalue weighted by Crippen LogP contribution is 2.30. The van der Waals surface area contributed by atoms with Crippen molar-refractivity contribution in [1.29, 1.82) is 0 Å². The summed E-state index contributed by atoms with van der Waals surface area (Å²) in [6.07, 6.45) is 2.88. The van der Waals surface area contributed by atoms with E-state index in [0.717, 1.165) is 11.3 Å². The Morgan fingerprint density at radius 2 is 2.21 bits per heavy atom. The first-order chi connectivity index (χ1) is 9.11. The van der Waals surface area contributed by atoms with E-state index in [0.29, 0.717) is 18.1 Å². The van der Waals surface area contributed by atoms with Crippen molar-refractivity contribution in [1.82, 2.24) is 9.55 Å². The predicted molar refractivity (Wildman–Crippen MR) is 71.2 cm³/mol. The van der Waals surface area contributed by atoms with Crippen LogP contribution in [0.15, 0.2) is 30.7 Å². The van der Waals surface area contributed by atoms with Crippen LogP contribution < -0.4 is 9.47 Å². The van der Waals surface area contributed by atoms with E-state index < -0.39 is 6.10 Å². The van der Waals surface area contributed by atoms with E-state index in [1.807, 2.05) is 17.7 Å². The van der Waals surface area contributed by atoms with Gasteiger partial charge in [-0.3, -0.25) is 0 Å². The van der Waals surface area contributed by atoms with Gasteiger partial charge in [-0.05, 0) is 19.1 Å². The van der Waals surface area contributed by atoms with Crippen molar-refractivity contribution in [2.75, 3.05) is 7.11 Å². The summed E-state index contributed by atoms with van der Waals surface area (Å²) in [6.45, 7) is 2.10. The lowest BCUT2D eigenvalue weighted by Crippen LogP contribution is -2.04. The molecule has 19 heavy (non-hydrogen) atoms. The number of hydrogen-bond acceptors (Lipinski definition) is 4. The zero-order chi connectivity index (χ0) is 13.8. The Bertz CT molecular complexity index is 549. The summed E-state index contributed by atoms with van der Waals surface area (Å²) in [5, 5.41) is 9.74. The van der Waals surface area contributed by atoms with Crippen molar-refractivity contribution in [2.24, 2.45) is 7.05 Å². The number of ether oxygens (including phenoxy) is 2. The van der Waals surface area contributed by atoms with Crippen LogP contribution in [0.2, 0.25) is 0 Å². The monoisotopic (exact) mass is 262 g/mol. The van der Waals surface area contributed by atoms with Gasteiger partial charge in [0.25, 0.3) is 0 Å². The summed E-state index contributed by atoms with van der Waals surface area (Å²) >= 11 is 0. The van der Waals surface area contributed by atoms with Crippen molar-refractivity contribution >= 4 is 0 Å². The third-order valence-corrected chi connectivity index (χ3v) is 2.96. The summed E-state index contributed by atoms with van der Waals surface area (Å²) in [4.78, 5) is 4.03. The third-order valence-electron chi connectivity index (χ3n) is 2.96. The van der Waals surface area contributed by atoms with Gasteiger partial charge in [-0.25, -0.2) is 4.98 Å². The SMILES string of the molecule is COc1ccc([C@H](C)O)c(OCc2cncn2C)c1. The van der Waals surface area contributed by atoms with Crippen LogP contribution in [0.3, 0.4) is 0 Å². The van der Waals surface area contributed by atoms with E-state index in [1.54, 1.807) is 38.7 Å². The molecule has 0 unspecified atom stereocenters. The average Bonchev–Trinajstić information content (AvgIpc) is 2.81. The van der Waals surface area contributed by atoms with Crippen LogP contribution >= 0.6 is 0 Å². The van der Waals surface area contributed by atoms with Crippen molar-refractivity contribution in [3.63, 3.8) is 0 Å². The normalized spacial score (nSPS) is 12.2. The molecule has 1 aromatic carbocycles. The van der Waals surface area contributed by atoms with Gasteiger partial charge in [-0.15, -0.1) is 0 Å². The van der Waals surface area contributed by atoms with Crippen LogP contribution in [0.25, 0.3) is 0 Å². The van der Waals surface area contributed by atoms with Crippen molar-refractivity contribution in [3.8, 4) is 11.5 Å². The quantitative estimate of drug-likeness (QED) is 0.896. The van der Waals surface area contributed by atoms with Crippen LogP contribution in [-0.4, -0.2) is 21.8 Å². The van der Waals surface area contributed by atoms with Gasteiger partial charge >= 0.3 is 0 Å². The molecule has 5 heteroatoms. The van der Waals surface area contributed by atoms with Gasteiger partial charge in [0.15, 0.2) is 0 Å². The van der Waals surface area contributed by atoms with Gasteiger partial charge in [0.2, 0.25) is 0 Å². The molecule has 2 aromatic rings. The molecule has 0 aliphatic heterocycles. The molecule has 0 bridgehead atoms. The molecule has 0 saturated heterocycles. The molecule has 0 aliphatic rings.